The van der Waals surface area contributed by atoms with Crippen LogP contribution < -0.4 is 15.5 Å². The van der Waals surface area contributed by atoms with E-state index in [4.69, 9.17) is 14.2 Å². The fourth-order valence-electron chi connectivity index (χ4n) is 7.03. The fraction of sp³-hybridized carbons (Fsp3) is 0.432. The van der Waals surface area contributed by atoms with E-state index in [0.29, 0.717) is 31.7 Å². The lowest BCUT2D eigenvalue weighted by Gasteiger charge is -2.46. The molecule has 0 aromatic heterocycles. The third-order valence-electron chi connectivity index (χ3n) is 9.79. The summed E-state index contributed by atoms with van der Waals surface area (Å²) in [6.07, 6.45) is -0.757. The van der Waals surface area contributed by atoms with Crippen molar-refractivity contribution >= 4 is 29.2 Å². The Hall–Kier alpha value is -4.29. The molecule has 3 fully saturated rings. The molecule has 0 unspecified atom stereocenters. The standard InChI is InChI=1S/C37H44N4O7/c1-24-32(21-40-18-16-37(17-19-40)36(45)38-23-41(37)31-10-5-4-6-11-31)47-35(48-33(24)28-14-12-27(22-42)13-15-28)29-8-7-9-30(20-29)39-34(44)25(2)46-26(3)43/h4-15,20,24-25,32-33,35,42H,16-19,21-23H2,1-3H3,(H,38,45)(H,39,44)/t24-,25+,32+,33+,35+/m1/s1. The Morgan fingerprint density at radius 3 is 2.44 bits per heavy atom. The Bertz CT molecular complexity index is 1590. The van der Waals surface area contributed by atoms with Gasteiger partial charge in [0.25, 0.3) is 5.91 Å². The number of hydrogen-bond acceptors (Lipinski definition) is 9. The van der Waals surface area contributed by atoms with Crippen LogP contribution in [0.3, 0.4) is 0 Å². The fourth-order valence-corrected chi connectivity index (χ4v) is 7.03. The highest BCUT2D eigenvalue weighted by molar-refractivity contribution is 5.95. The van der Waals surface area contributed by atoms with Crippen molar-refractivity contribution in [3.63, 3.8) is 0 Å². The van der Waals surface area contributed by atoms with Crippen molar-refractivity contribution in [2.75, 3.05) is 36.5 Å². The van der Waals surface area contributed by atoms with E-state index in [0.717, 1.165) is 35.5 Å². The molecule has 3 aliphatic heterocycles. The lowest BCUT2D eigenvalue weighted by Crippen LogP contribution is -2.57. The number of benzene rings is 3. The molecule has 48 heavy (non-hydrogen) atoms. The van der Waals surface area contributed by atoms with E-state index in [9.17, 15) is 19.5 Å². The van der Waals surface area contributed by atoms with Crippen molar-refractivity contribution < 1.29 is 33.7 Å². The number of nitrogens with one attached hydrogen (secondary N) is 2. The first-order valence-electron chi connectivity index (χ1n) is 16.6. The van der Waals surface area contributed by atoms with Crippen LogP contribution in [0, 0.1) is 5.92 Å². The van der Waals surface area contributed by atoms with Crippen LogP contribution in [0.15, 0.2) is 78.9 Å². The van der Waals surface area contributed by atoms with Crippen molar-refractivity contribution in [2.45, 2.75) is 70.4 Å². The lowest BCUT2D eigenvalue weighted by atomic mass is 9.84. The van der Waals surface area contributed by atoms with Crippen molar-refractivity contribution in [1.29, 1.82) is 0 Å². The minimum atomic E-state index is -0.941. The van der Waals surface area contributed by atoms with E-state index in [-0.39, 0.29) is 30.6 Å². The first-order valence-corrected chi connectivity index (χ1v) is 16.6. The molecule has 3 N–H and O–H groups in total. The van der Waals surface area contributed by atoms with Crippen molar-refractivity contribution in [1.82, 2.24) is 10.2 Å². The maximum atomic E-state index is 13.2. The van der Waals surface area contributed by atoms with Gasteiger partial charge in [-0.25, -0.2) is 0 Å². The first kappa shape index (κ1) is 33.6. The second-order valence-corrected chi connectivity index (χ2v) is 12.9. The molecular formula is C37H44N4O7. The number of rotatable bonds is 9. The summed E-state index contributed by atoms with van der Waals surface area (Å²) in [4.78, 5) is 41.8. The summed E-state index contributed by atoms with van der Waals surface area (Å²) in [6, 6.07) is 25.2. The molecule has 0 aliphatic carbocycles. The Balaban J connectivity index is 1.20. The number of carbonyl (C=O) groups is 3. The van der Waals surface area contributed by atoms with Gasteiger partial charge in [-0.1, -0.05) is 61.5 Å². The van der Waals surface area contributed by atoms with Gasteiger partial charge in [0.1, 0.15) is 5.54 Å². The van der Waals surface area contributed by atoms with Gasteiger partial charge in [-0.05, 0) is 55.2 Å². The molecule has 3 heterocycles. The zero-order valence-corrected chi connectivity index (χ0v) is 27.6. The minimum Gasteiger partial charge on any atom is -0.453 e. The van der Waals surface area contributed by atoms with Crippen LogP contribution in [0.25, 0.3) is 0 Å². The van der Waals surface area contributed by atoms with E-state index in [1.54, 1.807) is 6.07 Å². The van der Waals surface area contributed by atoms with Gasteiger partial charge in [0.05, 0.1) is 25.5 Å². The van der Waals surface area contributed by atoms with E-state index >= 15 is 0 Å². The van der Waals surface area contributed by atoms with E-state index in [2.05, 4.69) is 39.5 Å². The number of ether oxygens (including phenoxy) is 3. The second-order valence-electron chi connectivity index (χ2n) is 12.9. The van der Waals surface area contributed by atoms with E-state index in [1.807, 2.05) is 60.7 Å². The van der Waals surface area contributed by atoms with Gasteiger partial charge in [0.2, 0.25) is 5.91 Å². The maximum Gasteiger partial charge on any atom is 0.303 e. The number of amides is 2. The first-order chi connectivity index (χ1) is 23.2. The average molecular weight is 657 g/mol. The molecule has 1 spiro atoms. The molecule has 11 nitrogen and oxygen atoms in total. The monoisotopic (exact) mass is 656 g/mol. The van der Waals surface area contributed by atoms with Gasteiger partial charge in [-0.3, -0.25) is 14.4 Å². The minimum absolute atomic E-state index is 0.0137. The molecule has 3 aromatic rings. The Labute approximate surface area is 281 Å². The Morgan fingerprint density at radius 2 is 1.75 bits per heavy atom. The SMILES string of the molecule is CC(=O)O[C@@H](C)C(=O)Nc1cccc([C@H]2O[C@@H](CN3CCC4(CC3)C(=O)NCN4c3ccccc3)[C@@H](C)[C@@H](c3ccc(CO)cc3)O2)c1. The average Bonchev–Trinajstić information content (AvgIpc) is 3.41. The molecule has 11 heteroatoms. The van der Waals surface area contributed by atoms with Crippen LogP contribution in [-0.2, 0) is 35.2 Å². The van der Waals surface area contributed by atoms with E-state index in [1.165, 1.54) is 13.8 Å². The predicted octanol–water partition coefficient (Wildman–Crippen LogP) is 4.29. The van der Waals surface area contributed by atoms with Gasteiger partial charge in [0.15, 0.2) is 12.4 Å². The molecule has 3 aromatic carbocycles. The van der Waals surface area contributed by atoms with Crippen LogP contribution in [0.5, 0.6) is 0 Å². The van der Waals surface area contributed by atoms with Crippen LogP contribution in [0.1, 0.15) is 62.7 Å². The van der Waals surface area contributed by atoms with Gasteiger partial charge in [0, 0.05) is 49.4 Å². The second kappa shape index (κ2) is 14.4. The number of aliphatic hydroxyl groups excluding tert-OH is 1. The van der Waals surface area contributed by atoms with Crippen LogP contribution in [-0.4, -0.2) is 71.8 Å². The van der Waals surface area contributed by atoms with Gasteiger partial charge < -0.3 is 39.8 Å². The lowest BCUT2D eigenvalue weighted by molar-refractivity contribution is -0.276. The third-order valence-corrected chi connectivity index (χ3v) is 9.79. The highest BCUT2D eigenvalue weighted by Crippen LogP contribution is 2.43. The van der Waals surface area contributed by atoms with Crippen molar-refractivity contribution in [2.24, 2.45) is 5.92 Å². The predicted molar refractivity (Wildman–Crippen MR) is 180 cm³/mol. The molecule has 6 rings (SSSR count). The van der Waals surface area contributed by atoms with Gasteiger partial charge in [-0.2, -0.15) is 0 Å². The highest BCUT2D eigenvalue weighted by atomic mass is 16.7. The molecule has 2 amide bonds. The van der Waals surface area contributed by atoms with Gasteiger partial charge >= 0.3 is 5.97 Å². The number of para-hydroxylation sites is 1. The summed E-state index contributed by atoms with van der Waals surface area (Å²) >= 11 is 0. The molecule has 0 saturated carbocycles. The quantitative estimate of drug-likeness (QED) is 0.289. The topological polar surface area (TPSA) is 130 Å². The Kier molecular flexibility index (Phi) is 10.1. The number of carbonyl (C=O) groups excluding carboxylic acids is 3. The number of piperidine rings is 1. The number of aliphatic hydroxyl groups is 1. The summed E-state index contributed by atoms with van der Waals surface area (Å²) in [5.41, 5.74) is 3.54. The zero-order chi connectivity index (χ0) is 33.8. The zero-order valence-electron chi connectivity index (χ0n) is 27.6. The number of anilines is 2. The van der Waals surface area contributed by atoms with Crippen LogP contribution in [0.2, 0.25) is 0 Å². The molecular weight excluding hydrogens is 612 g/mol. The van der Waals surface area contributed by atoms with Crippen molar-refractivity contribution in [3.8, 4) is 0 Å². The smallest absolute Gasteiger partial charge is 0.303 e. The summed E-state index contributed by atoms with van der Waals surface area (Å²) in [6.45, 7) is 7.52. The number of nitrogens with zero attached hydrogens (tertiary/aromatic N) is 2. The number of hydrogen-bond donors (Lipinski definition) is 3. The molecule has 3 aliphatic rings. The van der Waals surface area contributed by atoms with E-state index < -0.39 is 29.8 Å². The number of esters is 1. The molecule has 5 atom stereocenters. The Morgan fingerprint density at radius 1 is 1.02 bits per heavy atom. The van der Waals surface area contributed by atoms with Crippen LogP contribution >= 0.6 is 0 Å². The summed E-state index contributed by atoms with van der Waals surface area (Å²) in [5, 5.41) is 15.5. The largest absolute Gasteiger partial charge is 0.453 e. The van der Waals surface area contributed by atoms with Gasteiger partial charge in [-0.15, -0.1) is 0 Å². The molecule has 3 saturated heterocycles. The summed E-state index contributed by atoms with van der Waals surface area (Å²) in [7, 11) is 0. The number of likely N-dealkylation sites (tertiary alicyclic amines) is 1. The highest BCUT2D eigenvalue weighted by Gasteiger charge is 2.51. The maximum absolute atomic E-state index is 13.2. The molecule has 0 bridgehead atoms. The van der Waals surface area contributed by atoms with Crippen LogP contribution in [0.4, 0.5) is 11.4 Å². The normalized spacial score (nSPS) is 24.6. The third kappa shape index (κ3) is 7.09. The molecule has 0 radical (unpaired) electrons. The molecule has 254 valence electrons. The van der Waals surface area contributed by atoms with Crippen molar-refractivity contribution in [3.05, 3.63) is 95.6 Å². The summed E-state index contributed by atoms with van der Waals surface area (Å²) in [5.74, 6) is -0.897. The summed E-state index contributed by atoms with van der Waals surface area (Å²) < 4.78 is 18.4.